The quantitative estimate of drug-likeness (QED) is 0.776. The molecular weight excluding hydrogens is 215 g/mol. The molecule has 5 heteroatoms. The fraction of sp³-hybridized carbons (Fsp3) is 0.333. The van der Waals surface area contributed by atoms with E-state index in [-0.39, 0.29) is 5.02 Å². The molecule has 1 rings (SSSR count). The summed E-state index contributed by atoms with van der Waals surface area (Å²) in [7, 11) is 0. The maximum Gasteiger partial charge on any atom is 0.417 e. The van der Waals surface area contributed by atoms with E-state index in [2.05, 4.69) is 0 Å². The molecule has 0 amide bonds. The molecule has 1 atom stereocenters. The van der Waals surface area contributed by atoms with E-state index in [1.54, 1.807) is 6.92 Å². The van der Waals surface area contributed by atoms with E-state index < -0.39 is 17.8 Å². The van der Waals surface area contributed by atoms with Gasteiger partial charge in [0.15, 0.2) is 0 Å². The highest BCUT2D eigenvalue weighted by Gasteiger charge is 2.33. The van der Waals surface area contributed by atoms with Crippen molar-refractivity contribution in [3.8, 4) is 0 Å². The lowest BCUT2D eigenvalue weighted by atomic mass is 10.1. The second-order valence-electron chi connectivity index (χ2n) is 3.03. The van der Waals surface area contributed by atoms with Crippen LogP contribution >= 0.6 is 11.6 Å². The Hall–Kier alpha value is -0.740. The molecule has 0 saturated heterocycles. The van der Waals surface area contributed by atoms with E-state index in [0.29, 0.717) is 5.56 Å². The van der Waals surface area contributed by atoms with Crippen molar-refractivity contribution in [3.05, 3.63) is 34.3 Å². The predicted octanol–water partition coefficient (Wildman–Crippen LogP) is 3.38. The summed E-state index contributed by atoms with van der Waals surface area (Å²) in [6.07, 6.45) is -4.43. The standard InChI is InChI=1S/C9H9ClF3N/c1-5(14)6-2-3-8(10)7(4-6)9(11,12)13/h2-5H,14H2,1H3/t5-/m1/s1. The number of benzene rings is 1. The molecule has 0 bridgehead atoms. The molecule has 0 aliphatic carbocycles. The molecule has 1 aromatic carbocycles. The highest BCUT2D eigenvalue weighted by Crippen LogP contribution is 2.35. The highest BCUT2D eigenvalue weighted by atomic mass is 35.5. The lowest BCUT2D eigenvalue weighted by Gasteiger charge is -2.12. The SMILES string of the molecule is C[C@@H](N)c1ccc(Cl)c(C(F)(F)F)c1. The zero-order chi connectivity index (χ0) is 10.9. The predicted molar refractivity (Wildman–Crippen MR) is 49.1 cm³/mol. The van der Waals surface area contributed by atoms with E-state index in [1.165, 1.54) is 12.1 Å². The molecule has 0 fully saturated rings. The van der Waals surface area contributed by atoms with Crippen molar-refractivity contribution < 1.29 is 13.2 Å². The summed E-state index contributed by atoms with van der Waals surface area (Å²) in [6, 6.07) is 3.24. The Morgan fingerprint density at radius 1 is 1.36 bits per heavy atom. The van der Waals surface area contributed by atoms with Gasteiger partial charge in [0.2, 0.25) is 0 Å². The largest absolute Gasteiger partial charge is 0.417 e. The first-order valence-electron chi connectivity index (χ1n) is 3.94. The molecule has 0 aromatic heterocycles. The minimum atomic E-state index is -4.43. The Kier molecular flexibility index (Phi) is 3.07. The molecule has 0 unspecified atom stereocenters. The molecule has 0 heterocycles. The van der Waals surface area contributed by atoms with Crippen LogP contribution in [0.3, 0.4) is 0 Å². The van der Waals surface area contributed by atoms with Gasteiger partial charge in [0.25, 0.3) is 0 Å². The summed E-state index contributed by atoms with van der Waals surface area (Å²) in [5.74, 6) is 0. The van der Waals surface area contributed by atoms with E-state index in [0.717, 1.165) is 6.07 Å². The molecule has 14 heavy (non-hydrogen) atoms. The molecular formula is C9H9ClF3N. The van der Waals surface area contributed by atoms with Crippen LogP contribution in [0.5, 0.6) is 0 Å². The fourth-order valence-electron chi connectivity index (χ4n) is 1.04. The van der Waals surface area contributed by atoms with Crippen LogP contribution in [0.15, 0.2) is 18.2 Å². The Labute approximate surface area is 84.7 Å². The topological polar surface area (TPSA) is 26.0 Å². The van der Waals surface area contributed by atoms with E-state index in [9.17, 15) is 13.2 Å². The Morgan fingerprint density at radius 2 is 1.93 bits per heavy atom. The van der Waals surface area contributed by atoms with Crippen LogP contribution in [0.4, 0.5) is 13.2 Å². The van der Waals surface area contributed by atoms with Gasteiger partial charge in [-0.2, -0.15) is 13.2 Å². The van der Waals surface area contributed by atoms with Gasteiger partial charge in [-0.3, -0.25) is 0 Å². The van der Waals surface area contributed by atoms with E-state index in [1.807, 2.05) is 0 Å². The molecule has 0 aliphatic rings. The monoisotopic (exact) mass is 223 g/mol. The first kappa shape index (κ1) is 11.3. The Morgan fingerprint density at radius 3 is 2.36 bits per heavy atom. The second-order valence-corrected chi connectivity index (χ2v) is 3.43. The van der Waals surface area contributed by atoms with Gasteiger partial charge >= 0.3 is 6.18 Å². The molecule has 0 spiro atoms. The number of nitrogens with two attached hydrogens (primary N) is 1. The number of rotatable bonds is 1. The summed E-state index contributed by atoms with van der Waals surface area (Å²) in [6.45, 7) is 1.61. The molecule has 2 N–H and O–H groups in total. The zero-order valence-corrected chi connectivity index (χ0v) is 8.15. The van der Waals surface area contributed by atoms with Crippen molar-refractivity contribution in [3.63, 3.8) is 0 Å². The first-order chi connectivity index (χ1) is 6.32. The van der Waals surface area contributed by atoms with Gasteiger partial charge in [0.1, 0.15) is 0 Å². The van der Waals surface area contributed by atoms with Crippen molar-refractivity contribution >= 4 is 11.6 Å². The van der Waals surface area contributed by atoms with Crippen molar-refractivity contribution in [2.24, 2.45) is 5.73 Å². The van der Waals surface area contributed by atoms with E-state index in [4.69, 9.17) is 17.3 Å². The van der Waals surface area contributed by atoms with E-state index >= 15 is 0 Å². The molecule has 1 aromatic rings. The maximum atomic E-state index is 12.4. The van der Waals surface area contributed by atoms with Crippen LogP contribution < -0.4 is 5.73 Å². The van der Waals surface area contributed by atoms with Crippen molar-refractivity contribution in [1.29, 1.82) is 0 Å². The number of halogens is 4. The normalized spacial score (nSPS) is 14.1. The molecule has 0 aliphatic heterocycles. The van der Waals surface area contributed by atoms with Crippen molar-refractivity contribution in [1.82, 2.24) is 0 Å². The molecule has 78 valence electrons. The smallest absolute Gasteiger partial charge is 0.324 e. The third-order valence-corrected chi connectivity index (χ3v) is 2.15. The zero-order valence-electron chi connectivity index (χ0n) is 7.40. The lowest BCUT2D eigenvalue weighted by Crippen LogP contribution is -2.10. The second kappa shape index (κ2) is 3.79. The van der Waals surface area contributed by atoms with Gasteiger partial charge < -0.3 is 5.73 Å². The number of hydrogen-bond donors (Lipinski definition) is 1. The molecule has 0 saturated carbocycles. The Bertz CT molecular complexity index is 333. The summed E-state index contributed by atoms with van der Waals surface area (Å²) < 4.78 is 37.1. The van der Waals surface area contributed by atoms with Gasteiger partial charge in [-0.25, -0.2) is 0 Å². The fourth-order valence-corrected chi connectivity index (χ4v) is 1.27. The van der Waals surface area contributed by atoms with Crippen LogP contribution in [-0.4, -0.2) is 0 Å². The van der Waals surface area contributed by atoms with Crippen LogP contribution in [0.2, 0.25) is 5.02 Å². The maximum absolute atomic E-state index is 12.4. The highest BCUT2D eigenvalue weighted by molar-refractivity contribution is 6.31. The van der Waals surface area contributed by atoms with Crippen LogP contribution in [0.1, 0.15) is 24.1 Å². The van der Waals surface area contributed by atoms with Crippen LogP contribution in [0.25, 0.3) is 0 Å². The number of alkyl halides is 3. The van der Waals surface area contributed by atoms with Gasteiger partial charge in [-0.15, -0.1) is 0 Å². The van der Waals surface area contributed by atoms with Crippen molar-refractivity contribution in [2.45, 2.75) is 19.1 Å². The molecule has 1 nitrogen and oxygen atoms in total. The number of hydrogen-bond acceptors (Lipinski definition) is 1. The summed E-state index contributed by atoms with van der Waals surface area (Å²) in [5.41, 5.74) is 5.04. The minimum absolute atomic E-state index is 0.304. The summed E-state index contributed by atoms with van der Waals surface area (Å²) >= 11 is 5.42. The van der Waals surface area contributed by atoms with Crippen LogP contribution in [-0.2, 0) is 6.18 Å². The summed E-state index contributed by atoms with van der Waals surface area (Å²) in [4.78, 5) is 0. The average molecular weight is 224 g/mol. The first-order valence-corrected chi connectivity index (χ1v) is 4.32. The summed E-state index contributed by atoms with van der Waals surface area (Å²) in [5, 5.41) is -0.304. The van der Waals surface area contributed by atoms with Gasteiger partial charge in [0.05, 0.1) is 10.6 Å². The Balaban J connectivity index is 3.22. The van der Waals surface area contributed by atoms with Crippen molar-refractivity contribution in [2.75, 3.05) is 0 Å². The van der Waals surface area contributed by atoms with Gasteiger partial charge in [-0.05, 0) is 24.6 Å². The lowest BCUT2D eigenvalue weighted by molar-refractivity contribution is -0.137. The average Bonchev–Trinajstić information content (AvgIpc) is 2.02. The van der Waals surface area contributed by atoms with Crippen LogP contribution in [0, 0.1) is 0 Å². The third-order valence-electron chi connectivity index (χ3n) is 1.82. The van der Waals surface area contributed by atoms with Gasteiger partial charge in [0, 0.05) is 6.04 Å². The third kappa shape index (κ3) is 2.39. The minimum Gasteiger partial charge on any atom is -0.324 e. The van der Waals surface area contributed by atoms with Gasteiger partial charge in [-0.1, -0.05) is 17.7 Å². The molecule has 0 radical (unpaired) electrons.